The van der Waals surface area contributed by atoms with E-state index in [1.165, 1.54) is 24.8 Å². The Kier molecular flexibility index (Phi) is 3.79. The molecule has 2 nitrogen and oxygen atoms in total. The highest BCUT2D eigenvalue weighted by atomic mass is 16.3. The molecule has 19 heavy (non-hydrogen) atoms. The van der Waals surface area contributed by atoms with Crippen molar-refractivity contribution in [2.75, 3.05) is 0 Å². The van der Waals surface area contributed by atoms with Gasteiger partial charge >= 0.3 is 0 Å². The van der Waals surface area contributed by atoms with Gasteiger partial charge in [-0.2, -0.15) is 0 Å². The summed E-state index contributed by atoms with van der Waals surface area (Å²) in [5, 5.41) is 9.80. The smallest absolute Gasteiger partial charge is 0.137 e. The van der Waals surface area contributed by atoms with Crippen LogP contribution in [0.4, 0.5) is 0 Å². The van der Waals surface area contributed by atoms with Gasteiger partial charge in [-0.05, 0) is 62.7 Å². The molecule has 1 N–H and O–H groups in total. The molecule has 0 spiro atoms. The van der Waals surface area contributed by atoms with Crippen LogP contribution in [0.1, 0.15) is 64.7 Å². The van der Waals surface area contributed by atoms with Gasteiger partial charge in [0.1, 0.15) is 5.78 Å². The fourth-order valence-corrected chi connectivity index (χ4v) is 4.88. The first kappa shape index (κ1) is 13.4. The van der Waals surface area contributed by atoms with Crippen LogP contribution in [0.5, 0.6) is 0 Å². The summed E-state index contributed by atoms with van der Waals surface area (Å²) in [5.41, 5.74) is 3.12. The van der Waals surface area contributed by atoms with Gasteiger partial charge in [0.2, 0.25) is 0 Å². The minimum absolute atomic E-state index is 0.0502. The lowest BCUT2D eigenvalue weighted by molar-refractivity contribution is -0.118. The van der Waals surface area contributed by atoms with E-state index in [9.17, 15) is 9.90 Å². The van der Waals surface area contributed by atoms with Gasteiger partial charge in [0.05, 0.1) is 6.10 Å². The van der Waals surface area contributed by atoms with E-state index >= 15 is 0 Å². The molecule has 0 aromatic carbocycles. The van der Waals surface area contributed by atoms with Crippen LogP contribution in [-0.2, 0) is 4.79 Å². The lowest BCUT2D eigenvalue weighted by atomic mass is 9.65. The lowest BCUT2D eigenvalue weighted by Gasteiger charge is -2.40. The van der Waals surface area contributed by atoms with Gasteiger partial charge in [0.25, 0.3) is 0 Å². The molecule has 0 aromatic rings. The second-order valence-corrected chi connectivity index (χ2v) is 6.79. The highest BCUT2D eigenvalue weighted by molar-refractivity contribution is 5.82. The Bertz CT molecular complexity index is 396. The fraction of sp³-hybridized carbons (Fsp3) is 0.824. The van der Waals surface area contributed by atoms with Gasteiger partial charge in [0, 0.05) is 12.8 Å². The number of aliphatic hydroxyl groups is 1. The van der Waals surface area contributed by atoms with E-state index in [0.717, 1.165) is 50.4 Å². The highest BCUT2D eigenvalue weighted by Crippen LogP contribution is 2.48. The standard InChI is InChI=1S/C17H26O2/c1-2-15-16(11-3-5-13(18)9-11)7-4-12-10-14(19)6-8-17(12)15/h11,13,15-16,18H,2-10H2,1H3. The van der Waals surface area contributed by atoms with Gasteiger partial charge in [-0.15, -0.1) is 0 Å². The van der Waals surface area contributed by atoms with Crippen molar-refractivity contribution in [2.24, 2.45) is 17.8 Å². The number of Topliss-reactive ketones (excluding diaryl/α,β-unsaturated/α-hetero) is 1. The molecule has 0 aromatic heterocycles. The molecule has 0 aliphatic heterocycles. The molecule has 3 rings (SSSR count). The van der Waals surface area contributed by atoms with Crippen molar-refractivity contribution in [3.05, 3.63) is 11.1 Å². The molecule has 2 heteroatoms. The molecule has 106 valence electrons. The molecule has 1 saturated carbocycles. The van der Waals surface area contributed by atoms with E-state index < -0.39 is 0 Å². The van der Waals surface area contributed by atoms with Crippen LogP contribution >= 0.6 is 0 Å². The first-order valence-corrected chi connectivity index (χ1v) is 8.09. The summed E-state index contributed by atoms with van der Waals surface area (Å²) in [5.74, 6) is 2.65. The third-order valence-corrected chi connectivity index (χ3v) is 5.77. The van der Waals surface area contributed by atoms with Crippen LogP contribution in [0.25, 0.3) is 0 Å². The van der Waals surface area contributed by atoms with Gasteiger partial charge in [0.15, 0.2) is 0 Å². The summed E-state index contributed by atoms with van der Waals surface area (Å²) in [4.78, 5) is 11.6. The number of ketones is 1. The summed E-state index contributed by atoms with van der Waals surface area (Å²) in [6.07, 6.45) is 9.33. The van der Waals surface area contributed by atoms with Crippen molar-refractivity contribution in [1.82, 2.24) is 0 Å². The monoisotopic (exact) mass is 262 g/mol. The first-order valence-electron chi connectivity index (χ1n) is 8.09. The van der Waals surface area contributed by atoms with Gasteiger partial charge in [-0.25, -0.2) is 0 Å². The lowest BCUT2D eigenvalue weighted by Crippen LogP contribution is -2.30. The Morgan fingerprint density at radius 3 is 2.68 bits per heavy atom. The summed E-state index contributed by atoms with van der Waals surface area (Å²) < 4.78 is 0. The fourth-order valence-electron chi connectivity index (χ4n) is 4.88. The highest BCUT2D eigenvalue weighted by Gasteiger charge is 2.39. The normalized spacial score (nSPS) is 39.6. The van der Waals surface area contributed by atoms with E-state index in [2.05, 4.69) is 6.92 Å². The molecule has 0 amide bonds. The summed E-state index contributed by atoms with van der Waals surface area (Å²) in [6, 6.07) is 0. The van der Waals surface area contributed by atoms with Crippen LogP contribution in [0.2, 0.25) is 0 Å². The van der Waals surface area contributed by atoms with Gasteiger partial charge < -0.3 is 5.11 Å². The molecule has 4 unspecified atom stereocenters. The number of hydrogen-bond acceptors (Lipinski definition) is 2. The minimum Gasteiger partial charge on any atom is -0.393 e. The maximum Gasteiger partial charge on any atom is 0.137 e. The molecular weight excluding hydrogens is 236 g/mol. The summed E-state index contributed by atoms with van der Waals surface area (Å²) in [6.45, 7) is 2.30. The molecule has 4 atom stereocenters. The van der Waals surface area contributed by atoms with E-state index in [4.69, 9.17) is 0 Å². The molecule has 0 radical (unpaired) electrons. The van der Waals surface area contributed by atoms with Crippen LogP contribution in [0.3, 0.4) is 0 Å². The minimum atomic E-state index is -0.0502. The zero-order valence-corrected chi connectivity index (χ0v) is 12.0. The zero-order chi connectivity index (χ0) is 13.4. The topological polar surface area (TPSA) is 37.3 Å². The Morgan fingerprint density at radius 2 is 2.00 bits per heavy atom. The molecule has 1 fully saturated rings. The van der Waals surface area contributed by atoms with E-state index in [0.29, 0.717) is 11.7 Å². The third-order valence-electron chi connectivity index (χ3n) is 5.77. The second-order valence-electron chi connectivity index (χ2n) is 6.79. The molecule has 0 bridgehead atoms. The number of hydrogen-bond donors (Lipinski definition) is 1. The maximum absolute atomic E-state index is 11.6. The van der Waals surface area contributed by atoms with Crippen LogP contribution in [0, 0.1) is 17.8 Å². The molecule has 0 heterocycles. The number of aliphatic hydroxyl groups excluding tert-OH is 1. The number of allylic oxidation sites excluding steroid dienone is 2. The van der Waals surface area contributed by atoms with Crippen molar-refractivity contribution in [3.8, 4) is 0 Å². The van der Waals surface area contributed by atoms with E-state index in [-0.39, 0.29) is 6.10 Å². The number of rotatable bonds is 2. The van der Waals surface area contributed by atoms with Crippen molar-refractivity contribution in [3.63, 3.8) is 0 Å². The van der Waals surface area contributed by atoms with Crippen molar-refractivity contribution < 1.29 is 9.90 Å². The summed E-state index contributed by atoms with van der Waals surface area (Å²) in [7, 11) is 0. The first-order chi connectivity index (χ1) is 9.19. The van der Waals surface area contributed by atoms with Crippen LogP contribution in [0.15, 0.2) is 11.1 Å². The average Bonchev–Trinajstić information content (AvgIpc) is 2.83. The van der Waals surface area contributed by atoms with Crippen molar-refractivity contribution >= 4 is 5.78 Å². The predicted octanol–water partition coefficient (Wildman–Crippen LogP) is 3.63. The third kappa shape index (κ3) is 2.52. The van der Waals surface area contributed by atoms with Crippen LogP contribution < -0.4 is 0 Å². The van der Waals surface area contributed by atoms with Gasteiger partial charge in [-0.3, -0.25) is 4.79 Å². The number of carbonyl (C=O) groups excluding carboxylic acids is 1. The number of carbonyl (C=O) groups is 1. The maximum atomic E-state index is 11.6. The second kappa shape index (κ2) is 5.40. The van der Waals surface area contributed by atoms with Crippen molar-refractivity contribution in [1.29, 1.82) is 0 Å². The Hall–Kier alpha value is -0.630. The molecular formula is C17H26O2. The van der Waals surface area contributed by atoms with Crippen molar-refractivity contribution in [2.45, 2.75) is 70.8 Å². The molecule has 3 aliphatic rings. The van der Waals surface area contributed by atoms with Crippen LogP contribution in [-0.4, -0.2) is 17.0 Å². The average molecular weight is 262 g/mol. The quantitative estimate of drug-likeness (QED) is 0.772. The van der Waals surface area contributed by atoms with Gasteiger partial charge in [-0.1, -0.05) is 18.1 Å². The van der Waals surface area contributed by atoms with E-state index in [1.54, 1.807) is 5.57 Å². The Morgan fingerprint density at radius 1 is 1.16 bits per heavy atom. The summed E-state index contributed by atoms with van der Waals surface area (Å²) >= 11 is 0. The molecule has 3 aliphatic carbocycles. The SMILES string of the molecule is CCC1C2=C(CCC1C1CCC(O)C1)CC(=O)CC2. The predicted molar refractivity (Wildman–Crippen MR) is 75.7 cm³/mol. The Labute approximate surface area is 116 Å². The zero-order valence-electron chi connectivity index (χ0n) is 12.0. The largest absolute Gasteiger partial charge is 0.393 e. The van der Waals surface area contributed by atoms with E-state index in [1.807, 2.05) is 0 Å². The Balaban J connectivity index is 1.80. The molecule has 0 saturated heterocycles.